The third-order valence-electron chi connectivity index (χ3n) is 7.35. The standard InChI is InChI=1S/C24H9BF18.C8H4F6/c26-19(27,28)10-1-11(20(29,30)31)5-16(4-10)25(17-6-12(21(32,33)34)2-13(7-17)22(35,36)37)18-8-14(23(38,39)40)3-15(9-18)24(41,42)43;9-7(10,11)5-2-1-3-6(4-5)8(12,13)14/h1-9H;1-4H. The van der Waals surface area contributed by atoms with Gasteiger partial charge in [0.1, 0.15) is 0 Å². The molecule has 0 bridgehead atoms. The van der Waals surface area contributed by atoms with E-state index in [0.717, 1.165) is 6.07 Å². The first-order valence-corrected chi connectivity index (χ1v) is 14.4. The van der Waals surface area contributed by atoms with E-state index in [-0.39, 0.29) is 42.5 Å². The van der Waals surface area contributed by atoms with Crippen LogP contribution in [0.4, 0.5) is 105 Å². The van der Waals surface area contributed by atoms with Gasteiger partial charge in [-0.15, -0.1) is 0 Å². The maximum atomic E-state index is 13.5. The number of rotatable bonds is 3. The van der Waals surface area contributed by atoms with E-state index in [1.54, 1.807) is 0 Å². The highest BCUT2D eigenvalue weighted by Crippen LogP contribution is 2.39. The van der Waals surface area contributed by atoms with Crippen LogP contribution >= 0.6 is 0 Å². The van der Waals surface area contributed by atoms with Crippen molar-refractivity contribution in [2.24, 2.45) is 0 Å². The van der Waals surface area contributed by atoms with E-state index in [1.807, 2.05) is 0 Å². The molecule has 4 aromatic carbocycles. The van der Waals surface area contributed by atoms with Crippen LogP contribution < -0.4 is 16.4 Å². The molecular formula is C32H13BF24. The van der Waals surface area contributed by atoms with E-state index in [9.17, 15) is 105 Å². The first kappa shape index (κ1) is 46.6. The molecule has 0 nitrogen and oxygen atoms in total. The van der Waals surface area contributed by atoms with Crippen molar-refractivity contribution in [2.45, 2.75) is 49.4 Å². The quantitative estimate of drug-likeness (QED) is 0.142. The summed E-state index contributed by atoms with van der Waals surface area (Å²) in [6, 6.07) is -0.953. The molecule has 4 aromatic rings. The summed E-state index contributed by atoms with van der Waals surface area (Å²) in [5.41, 5.74) is -20.3. The second-order valence-electron chi connectivity index (χ2n) is 11.5. The minimum Gasteiger partial charge on any atom is -0.166 e. The number of alkyl halides is 24. The smallest absolute Gasteiger partial charge is 0.166 e. The van der Waals surface area contributed by atoms with Crippen molar-refractivity contribution in [3.05, 3.63) is 123 Å². The Labute approximate surface area is 301 Å². The van der Waals surface area contributed by atoms with Crippen molar-refractivity contribution in [3.63, 3.8) is 0 Å². The van der Waals surface area contributed by atoms with Crippen molar-refractivity contribution >= 4 is 23.1 Å². The van der Waals surface area contributed by atoms with Crippen molar-refractivity contribution in [1.29, 1.82) is 0 Å². The van der Waals surface area contributed by atoms with Gasteiger partial charge in [-0.25, -0.2) is 0 Å². The molecule has 0 saturated carbocycles. The van der Waals surface area contributed by atoms with E-state index in [1.165, 1.54) is 0 Å². The lowest BCUT2D eigenvalue weighted by molar-refractivity contribution is -0.144. The third-order valence-corrected chi connectivity index (χ3v) is 7.35. The molecule has 0 aromatic heterocycles. The molecule has 0 fully saturated rings. The molecule has 0 spiro atoms. The molecule has 0 radical (unpaired) electrons. The van der Waals surface area contributed by atoms with Crippen LogP contribution in [0.1, 0.15) is 44.5 Å². The van der Waals surface area contributed by atoms with E-state index in [0.29, 0.717) is 12.1 Å². The minimum absolute atomic E-state index is 0.0833. The van der Waals surface area contributed by atoms with E-state index in [4.69, 9.17) is 0 Å². The second-order valence-corrected chi connectivity index (χ2v) is 11.5. The van der Waals surface area contributed by atoms with Crippen LogP contribution in [-0.2, 0) is 49.4 Å². The normalized spacial score (nSPS) is 13.6. The van der Waals surface area contributed by atoms with Crippen LogP contribution in [0.25, 0.3) is 0 Å². The molecule has 25 heteroatoms. The fourth-order valence-electron chi connectivity index (χ4n) is 4.89. The maximum Gasteiger partial charge on any atom is 0.416 e. The zero-order chi connectivity index (χ0) is 44.1. The van der Waals surface area contributed by atoms with Gasteiger partial charge in [0.15, 0.2) is 0 Å². The van der Waals surface area contributed by atoms with Crippen LogP contribution in [0.5, 0.6) is 0 Å². The third kappa shape index (κ3) is 12.1. The van der Waals surface area contributed by atoms with E-state index < -0.39 is 135 Å². The van der Waals surface area contributed by atoms with Gasteiger partial charge >= 0.3 is 49.4 Å². The van der Waals surface area contributed by atoms with Gasteiger partial charge in [0, 0.05) is 0 Å². The van der Waals surface area contributed by atoms with Crippen molar-refractivity contribution in [3.8, 4) is 0 Å². The van der Waals surface area contributed by atoms with Crippen LogP contribution in [0.3, 0.4) is 0 Å². The molecule has 0 atom stereocenters. The molecule has 0 unspecified atom stereocenters. The number of hydrogen-bond donors (Lipinski definition) is 0. The molecule has 0 aliphatic heterocycles. The number of benzene rings is 4. The predicted molar refractivity (Wildman–Crippen MR) is 150 cm³/mol. The zero-order valence-electron chi connectivity index (χ0n) is 26.7. The first-order chi connectivity index (χ1) is 25.3. The molecule has 0 amide bonds. The van der Waals surface area contributed by atoms with Gasteiger partial charge in [-0.1, -0.05) is 58.9 Å². The molecule has 4 rings (SSSR count). The van der Waals surface area contributed by atoms with Gasteiger partial charge in [0.25, 0.3) is 0 Å². The SMILES string of the molecule is FC(F)(F)c1cc(B(c2cc(C(F)(F)F)cc(C(F)(F)F)c2)c2cc(C(F)(F)F)cc(C(F)(F)F)c2)cc(C(F)(F)F)c1.FC(F)(F)c1cccc(C(F)(F)F)c1. The Morgan fingerprint density at radius 2 is 0.386 bits per heavy atom. The molecule has 0 saturated heterocycles. The van der Waals surface area contributed by atoms with E-state index in [2.05, 4.69) is 0 Å². The highest BCUT2D eigenvalue weighted by atomic mass is 19.4. The summed E-state index contributed by atoms with van der Waals surface area (Å²) in [5.74, 6) is 0. The van der Waals surface area contributed by atoms with Gasteiger partial charge < -0.3 is 0 Å². The summed E-state index contributed by atoms with van der Waals surface area (Å²) >= 11 is 0. The average Bonchev–Trinajstić information content (AvgIpc) is 3.02. The second kappa shape index (κ2) is 15.2. The van der Waals surface area contributed by atoms with Crippen molar-refractivity contribution in [2.75, 3.05) is 0 Å². The minimum atomic E-state index is -5.67. The van der Waals surface area contributed by atoms with Crippen LogP contribution in [-0.4, -0.2) is 6.71 Å². The zero-order valence-corrected chi connectivity index (χ0v) is 26.7. The summed E-state index contributed by atoms with van der Waals surface area (Å²) in [7, 11) is 0. The molecular weight excluding hydrogens is 851 g/mol. The fraction of sp³-hybridized carbons (Fsp3) is 0.250. The molecule has 0 aliphatic rings. The topological polar surface area (TPSA) is 0 Å². The Hall–Kier alpha value is -4.74. The lowest BCUT2D eigenvalue weighted by Gasteiger charge is -2.23. The van der Waals surface area contributed by atoms with Gasteiger partial charge in [0.2, 0.25) is 6.71 Å². The lowest BCUT2D eigenvalue weighted by Crippen LogP contribution is -2.53. The number of hydrogen-bond acceptors (Lipinski definition) is 0. The van der Waals surface area contributed by atoms with Crippen LogP contribution in [0, 0.1) is 0 Å². The molecule has 0 heterocycles. The van der Waals surface area contributed by atoms with Crippen LogP contribution in [0.2, 0.25) is 0 Å². The number of halogens is 24. The van der Waals surface area contributed by atoms with Gasteiger partial charge in [-0.3, -0.25) is 0 Å². The summed E-state index contributed by atoms with van der Waals surface area (Å²) in [4.78, 5) is 0. The Balaban J connectivity index is 0.000000522. The van der Waals surface area contributed by atoms with Gasteiger partial charge in [-0.05, 0) is 36.4 Å². The molecule has 57 heavy (non-hydrogen) atoms. The lowest BCUT2D eigenvalue weighted by atomic mass is 9.36. The highest BCUT2D eigenvalue weighted by Gasteiger charge is 2.43. The maximum absolute atomic E-state index is 13.5. The van der Waals surface area contributed by atoms with E-state index >= 15 is 0 Å². The molecule has 312 valence electrons. The van der Waals surface area contributed by atoms with Gasteiger partial charge in [-0.2, -0.15) is 105 Å². The summed E-state index contributed by atoms with van der Waals surface area (Å²) in [6.07, 6.45) is -43.5. The first-order valence-electron chi connectivity index (χ1n) is 14.4. The Morgan fingerprint density at radius 1 is 0.228 bits per heavy atom. The fourth-order valence-corrected chi connectivity index (χ4v) is 4.89. The predicted octanol–water partition coefficient (Wildman–Crippen LogP) is 12.0. The Kier molecular flexibility index (Phi) is 12.5. The summed E-state index contributed by atoms with van der Waals surface area (Å²) in [6.45, 7) is -2.88. The highest BCUT2D eigenvalue weighted by molar-refractivity contribution is 6.95. The Bertz CT molecular complexity index is 1730. The van der Waals surface area contributed by atoms with Crippen LogP contribution in [0.15, 0.2) is 78.9 Å². The molecule has 0 aliphatic carbocycles. The van der Waals surface area contributed by atoms with Gasteiger partial charge in [0.05, 0.1) is 44.5 Å². The largest absolute Gasteiger partial charge is 0.416 e. The van der Waals surface area contributed by atoms with Crippen molar-refractivity contribution in [1.82, 2.24) is 0 Å². The summed E-state index contributed by atoms with van der Waals surface area (Å²) < 4.78 is 315. The summed E-state index contributed by atoms with van der Waals surface area (Å²) in [5, 5.41) is 0. The van der Waals surface area contributed by atoms with Crippen molar-refractivity contribution < 1.29 is 105 Å². The molecule has 0 N–H and O–H groups in total. The Morgan fingerprint density at radius 3 is 0.544 bits per heavy atom. The monoisotopic (exact) mass is 864 g/mol. The average molecular weight is 864 g/mol.